The van der Waals surface area contributed by atoms with Gasteiger partial charge < -0.3 is 0 Å². The number of nitrogens with zero attached hydrogens (tertiary/aromatic N) is 3. The summed E-state index contributed by atoms with van der Waals surface area (Å²) in [6.45, 7) is 3.71. The SMILES string of the molecule is CCSc1nnc(NC(=O)CN2C(=O)C(C)SC2=S)s1. The fourth-order valence-electron chi connectivity index (χ4n) is 1.46. The Morgan fingerprint density at radius 3 is 2.90 bits per heavy atom. The summed E-state index contributed by atoms with van der Waals surface area (Å²) in [5, 5.41) is 10.7. The Hall–Kier alpha value is -0.710. The van der Waals surface area contributed by atoms with Crippen LogP contribution < -0.4 is 5.32 Å². The minimum Gasteiger partial charge on any atom is -0.299 e. The molecule has 1 aliphatic rings. The third-order valence-electron chi connectivity index (χ3n) is 2.33. The third kappa shape index (κ3) is 3.68. The fraction of sp³-hybridized carbons (Fsp3) is 0.500. The van der Waals surface area contributed by atoms with E-state index >= 15 is 0 Å². The maximum Gasteiger partial charge on any atom is 0.246 e. The van der Waals surface area contributed by atoms with Gasteiger partial charge in [-0.3, -0.25) is 19.8 Å². The maximum atomic E-state index is 11.9. The van der Waals surface area contributed by atoms with Gasteiger partial charge in [-0.25, -0.2) is 0 Å². The van der Waals surface area contributed by atoms with Crippen LogP contribution in [0.25, 0.3) is 0 Å². The van der Waals surface area contributed by atoms with Gasteiger partial charge in [-0.05, 0) is 12.7 Å². The standard InChI is InChI=1S/C10H12N4O2S4/c1-3-18-9-13-12-8(20-9)11-6(15)4-14-7(16)5(2)19-10(14)17/h5H,3-4H2,1-2H3,(H,11,12,15). The molecule has 1 saturated heterocycles. The van der Waals surface area contributed by atoms with Crippen molar-refractivity contribution in [3.8, 4) is 0 Å². The number of nitrogens with one attached hydrogen (secondary N) is 1. The molecule has 1 N–H and O–H groups in total. The number of amides is 2. The summed E-state index contributed by atoms with van der Waals surface area (Å²) in [5.41, 5.74) is 0. The van der Waals surface area contributed by atoms with Gasteiger partial charge in [0.2, 0.25) is 16.9 Å². The van der Waals surface area contributed by atoms with Crippen molar-refractivity contribution in [3.63, 3.8) is 0 Å². The Labute approximate surface area is 134 Å². The number of thiocarbonyl (C=S) groups is 1. The van der Waals surface area contributed by atoms with Crippen molar-refractivity contribution < 1.29 is 9.59 Å². The Bertz CT molecular complexity index is 547. The van der Waals surface area contributed by atoms with Crippen LogP contribution in [0.5, 0.6) is 0 Å². The molecule has 0 aromatic carbocycles. The van der Waals surface area contributed by atoms with E-state index in [-0.39, 0.29) is 23.6 Å². The number of hydrogen-bond acceptors (Lipinski definition) is 8. The Kier molecular flexibility index (Phi) is 5.35. The first-order chi connectivity index (χ1) is 9.51. The van der Waals surface area contributed by atoms with Crippen molar-refractivity contribution in [2.75, 3.05) is 17.6 Å². The topological polar surface area (TPSA) is 75.2 Å². The van der Waals surface area contributed by atoms with Crippen molar-refractivity contribution in [3.05, 3.63) is 0 Å². The number of carbonyl (C=O) groups is 2. The molecular weight excluding hydrogens is 336 g/mol. The van der Waals surface area contributed by atoms with Crippen molar-refractivity contribution >= 4 is 68.3 Å². The summed E-state index contributed by atoms with van der Waals surface area (Å²) in [5.74, 6) is 0.447. The number of aromatic nitrogens is 2. The smallest absolute Gasteiger partial charge is 0.246 e. The number of anilines is 1. The van der Waals surface area contributed by atoms with Crippen LogP contribution >= 0.6 is 47.1 Å². The lowest BCUT2D eigenvalue weighted by molar-refractivity contribution is -0.129. The van der Waals surface area contributed by atoms with Crippen LogP contribution in [0.3, 0.4) is 0 Å². The monoisotopic (exact) mass is 348 g/mol. The van der Waals surface area contributed by atoms with Crippen molar-refractivity contribution in [2.24, 2.45) is 0 Å². The molecule has 1 unspecified atom stereocenters. The molecule has 1 atom stereocenters. The number of carbonyl (C=O) groups excluding carboxylic acids is 2. The Morgan fingerprint density at radius 2 is 2.30 bits per heavy atom. The fourth-order valence-corrected chi connectivity index (χ4v) is 4.53. The molecule has 0 radical (unpaired) electrons. The second kappa shape index (κ2) is 6.83. The maximum absolute atomic E-state index is 11.9. The lowest BCUT2D eigenvalue weighted by Gasteiger charge is -2.13. The van der Waals surface area contributed by atoms with Crippen molar-refractivity contribution in [2.45, 2.75) is 23.4 Å². The van der Waals surface area contributed by atoms with Gasteiger partial charge in [0.1, 0.15) is 10.9 Å². The average molecular weight is 348 g/mol. The molecule has 10 heteroatoms. The molecule has 0 spiro atoms. The van der Waals surface area contributed by atoms with Crippen molar-refractivity contribution in [1.29, 1.82) is 0 Å². The Balaban J connectivity index is 1.92. The van der Waals surface area contributed by atoms with E-state index in [1.165, 1.54) is 28.0 Å². The highest BCUT2D eigenvalue weighted by atomic mass is 32.2. The number of thioether (sulfide) groups is 2. The summed E-state index contributed by atoms with van der Waals surface area (Å²) in [7, 11) is 0. The highest BCUT2D eigenvalue weighted by Gasteiger charge is 2.34. The van der Waals surface area contributed by atoms with Crippen LogP contribution in [-0.4, -0.2) is 48.8 Å². The molecular formula is C10H12N4O2S4. The summed E-state index contributed by atoms with van der Waals surface area (Å²) >= 11 is 9.25. The molecule has 0 aliphatic carbocycles. The third-order valence-corrected chi connectivity index (χ3v) is 5.67. The van der Waals surface area contributed by atoms with Crippen molar-refractivity contribution in [1.82, 2.24) is 15.1 Å². The summed E-state index contributed by atoms with van der Waals surface area (Å²) in [4.78, 5) is 25.0. The zero-order valence-electron chi connectivity index (χ0n) is 10.8. The van der Waals surface area contributed by atoms with Gasteiger partial charge in [-0.2, -0.15) is 0 Å². The molecule has 0 bridgehead atoms. The minimum absolute atomic E-state index is 0.0785. The Morgan fingerprint density at radius 1 is 1.55 bits per heavy atom. The molecule has 2 heterocycles. The van der Waals surface area contributed by atoms with E-state index in [0.29, 0.717) is 9.45 Å². The highest BCUT2D eigenvalue weighted by Crippen LogP contribution is 2.27. The highest BCUT2D eigenvalue weighted by molar-refractivity contribution is 8.24. The van der Waals surface area contributed by atoms with Gasteiger partial charge in [0, 0.05) is 0 Å². The molecule has 1 aromatic heterocycles. The van der Waals surface area contributed by atoms with Gasteiger partial charge in [-0.15, -0.1) is 10.2 Å². The van der Waals surface area contributed by atoms with Crippen LogP contribution in [0, 0.1) is 0 Å². The molecule has 1 aromatic rings. The van der Waals surface area contributed by atoms with Gasteiger partial charge >= 0.3 is 0 Å². The van der Waals surface area contributed by atoms with E-state index < -0.39 is 0 Å². The molecule has 1 aliphatic heterocycles. The van der Waals surface area contributed by atoms with E-state index in [1.807, 2.05) is 6.92 Å². The zero-order valence-corrected chi connectivity index (χ0v) is 14.0. The van der Waals surface area contributed by atoms with Crippen LogP contribution in [0.15, 0.2) is 4.34 Å². The van der Waals surface area contributed by atoms with Crippen LogP contribution in [-0.2, 0) is 9.59 Å². The second-order valence-corrected chi connectivity index (χ2v) is 8.27. The van der Waals surface area contributed by atoms with Crippen LogP contribution in [0.1, 0.15) is 13.8 Å². The summed E-state index contributed by atoms with van der Waals surface area (Å²) < 4.78 is 1.25. The molecule has 1 fully saturated rings. The molecule has 108 valence electrons. The predicted molar refractivity (Wildman–Crippen MR) is 86.3 cm³/mol. The van der Waals surface area contributed by atoms with Crippen LogP contribution in [0.2, 0.25) is 0 Å². The first-order valence-corrected chi connectivity index (χ1v) is 8.88. The van der Waals surface area contributed by atoms with E-state index in [1.54, 1.807) is 18.7 Å². The predicted octanol–water partition coefficient (Wildman–Crippen LogP) is 1.84. The first kappa shape index (κ1) is 15.7. The minimum atomic E-state index is -0.320. The molecule has 2 amide bonds. The second-order valence-electron chi connectivity index (χ2n) is 3.80. The number of rotatable bonds is 5. The average Bonchev–Trinajstić information content (AvgIpc) is 2.91. The molecule has 6 nitrogen and oxygen atoms in total. The quantitative estimate of drug-likeness (QED) is 0.494. The lowest BCUT2D eigenvalue weighted by Crippen LogP contribution is -2.37. The lowest BCUT2D eigenvalue weighted by atomic mass is 10.4. The summed E-state index contributed by atoms with van der Waals surface area (Å²) in [6, 6.07) is 0. The van der Waals surface area contributed by atoms with Crippen LogP contribution in [0.4, 0.5) is 5.13 Å². The zero-order chi connectivity index (χ0) is 14.7. The first-order valence-electron chi connectivity index (χ1n) is 5.79. The van der Waals surface area contributed by atoms with E-state index in [2.05, 4.69) is 15.5 Å². The molecule has 2 rings (SSSR count). The molecule has 20 heavy (non-hydrogen) atoms. The largest absolute Gasteiger partial charge is 0.299 e. The van der Waals surface area contributed by atoms with Gasteiger partial charge in [-0.1, -0.05) is 54.0 Å². The normalized spacial score (nSPS) is 18.7. The summed E-state index contributed by atoms with van der Waals surface area (Å²) in [6.07, 6.45) is 0. The van der Waals surface area contributed by atoms with E-state index in [0.717, 1.165) is 10.1 Å². The molecule has 0 saturated carbocycles. The number of hydrogen-bond donors (Lipinski definition) is 1. The van der Waals surface area contributed by atoms with E-state index in [9.17, 15) is 9.59 Å². The van der Waals surface area contributed by atoms with Gasteiger partial charge in [0.05, 0.1) is 5.25 Å². The van der Waals surface area contributed by atoms with Gasteiger partial charge in [0.15, 0.2) is 4.34 Å². The van der Waals surface area contributed by atoms with E-state index in [4.69, 9.17) is 12.2 Å². The van der Waals surface area contributed by atoms with Gasteiger partial charge in [0.25, 0.3) is 0 Å².